The van der Waals surface area contributed by atoms with Crippen molar-refractivity contribution in [3.05, 3.63) is 42.3 Å². The Morgan fingerprint density at radius 1 is 1.36 bits per heavy atom. The fraction of sp³-hybridized carbons (Fsp3) is 0.100. The molecule has 0 saturated carbocycles. The minimum atomic E-state index is 0.814. The number of nitrogen functional groups attached to an aromatic ring is 1. The SMILES string of the molecule is Nc1ccccc1SCc1cnoc1. The first-order chi connectivity index (χ1) is 6.86. The first-order valence-electron chi connectivity index (χ1n) is 4.22. The zero-order valence-electron chi connectivity index (χ0n) is 7.51. The molecule has 4 heteroatoms. The third-order valence-electron chi connectivity index (χ3n) is 1.80. The van der Waals surface area contributed by atoms with Gasteiger partial charge in [-0.25, -0.2) is 0 Å². The number of para-hydroxylation sites is 1. The van der Waals surface area contributed by atoms with E-state index in [9.17, 15) is 0 Å². The summed E-state index contributed by atoms with van der Waals surface area (Å²) in [6.45, 7) is 0. The lowest BCUT2D eigenvalue weighted by atomic mass is 10.3. The summed E-state index contributed by atoms with van der Waals surface area (Å²) in [7, 11) is 0. The molecule has 0 spiro atoms. The van der Waals surface area contributed by atoms with Crippen LogP contribution in [0.25, 0.3) is 0 Å². The molecule has 1 heterocycles. The Bertz CT molecular complexity index is 400. The second-order valence-electron chi connectivity index (χ2n) is 2.86. The van der Waals surface area contributed by atoms with Gasteiger partial charge >= 0.3 is 0 Å². The van der Waals surface area contributed by atoms with Gasteiger partial charge in [-0.1, -0.05) is 17.3 Å². The third kappa shape index (κ3) is 2.09. The van der Waals surface area contributed by atoms with E-state index in [-0.39, 0.29) is 0 Å². The average molecular weight is 206 g/mol. The largest absolute Gasteiger partial charge is 0.398 e. The number of nitrogens with zero attached hydrogens (tertiary/aromatic N) is 1. The Balaban J connectivity index is 2.02. The lowest BCUT2D eigenvalue weighted by Gasteiger charge is -2.02. The van der Waals surface area contributed by atoms with Crippen LogP contribution in [0.3, 0.4) is 0 Å². The molecule has 72 valence electrons. The van der Waals surface area contributed by atoms with E-state index >= 15 is 0 Å². The highest BCUT2D eigenvalue weighted by atomic mass is 32.2. The van der Waals surface area contributed by atoms with Crippen LogP contribution in [0.5, 0.6) is 0 Å². The molecule has 0 saturated heterocycles. The van der Waals surface area contributed by atoms with Gasteiger partial charge in [0.15, 0.2) is 0 Å². The van der Waals surface area contributed by atoms with Gasteiger partial charge in [-0.15, -0.1) is 11.8 Å². The Hall–Kier alpha value is -1.42. The van der Waals surface area contributed by atoms with E-state index in [4.69, 9.17) is 10.3 Å². The van der Waals surface area contributed by atoms with E-state index in [2.05, 4.69) is 5.16 Å². The van der Waals surface area contributed by atoms with Gasteiger partial charge in [0.25, 0.3) is 0 Å². The van der Waals surface area contributed by atoms with Crippen molar-refractivity contribution in [2.45, 2.75) is 10.6 Å². The maximum Gasteiger partial charge on any atom is 0.127 e. The van der Waals surface area contributed by atoms with E-state index in [1.165, 1.54) is 0 Å². The molecule has 0 atom stereocenters. The normalized spacial score (nSPS) is 10.3. The van der Waals surface area contributed by atoms with Crippen LogP contribution >= 0.6 is 11.8 Å². The van der Waals surface area contributed by atoms with Crippen molar-refractivity contribution in [1.29, 1.82) is 0 Å². The van der Waals surface area contributed by atoms with Crippen LogP contribution in [0.15, 0.2) is 46.1 Å². The van der Waals surface area contributed by atoms with Gasteiger partial charge < -0.3 is 10.3 Å². The predicted octanol–water partition coefficient (Wildman–Crippen LogP) is 2.55. The second-order valence-corrected chi connectivity index (χ2v) is 3.88. The van der Waals surface area contributed by atoms with Crippen LogP contribution in [-0.4, -0.2) is 5.16 Å². The van der Waals surface area contributed by atoms with E-state index < -0.39 is 0 Å². The molecule has 0 unspecified atom stereocenters. The highest BCUT2D eigenvalue weighted by Crippen LogP contribution is 2.27. The van der Waals surface area contributed by atoms with Gasteiger partial charge in [0.2, 0.25) is 0 Å². The lowest BCUT2D eigenvalue weighted by molar-refractivity contribution is 0.419. The molecule has 0 radical (unpaired) electrons. The number of hydrogen-bond donors (Lipinski definition) is 1. The molecule has 3 nitrogen and oxygen atoms in total. The van der Waals surface area contributed by atoms with E-state index in [0.717, 1.165) is 21.9 Å². The highest BCUT2D eigenvalue weighted by Gasteiger charge is 2.00. The molecule has 2 N–H and O–H groups in total. The quantitative estimate of drug-likeness (QED) is 0.619. The lowest BCUT2D eigenvalue weighted by Crippen LogP contribution is -1.87. The minimum absolute atomic E-state index is 0.814. The van der Waals surface area contributed by atoms with Gasteiger partial charge in [0.1, 0.15) is 6.26 Å². The maximum atomic E-state index is 5.80. The average Bonchev–Trinajstić information content (AvgIpc) is 2.69. The Kier molecular flexibility index (Phi) is 2.74. The minimum Gasteiger partial charge on any atom is -0.398 e. The van der Waals surface area contributed by atoms with Crippen molar-refractivity contribution in [2.75, 3.05) is 5.73 Å². The number of nitrogens with two attached hydrogens (primary N) is 1. The molecule has 1 aromatic heterocycles. The van der Waals surface area contributed by atoms with Gasteiger partial charge in [0.05, 0.1) is 6.20 Å². The standard InChI is InChI=1S/C10H10N2OS/c11-9-3-1-2-4-10(9)14-7-8-5-12-13-6-8/h1-6H,7,11H2. The summed E-state index contributed by atoms with van der Waals surface area (Å²) < 4.78 is 4.74. The molecule has 1 aromatic carbocycles. The van der Waals surface area contributed by atoms with Gasteiger partial charge in [-0.2, -0.15) is 0 Å². The topological polar surface area (TPSA) is 52.0 Å². The second kappa shape index (κ2) is 4.19. The predicted molar refractivity (Wildman–Crippen MR) is 56.9 cm³/mol. The van der Waals surface area contributed by atoms with E-state index in [1.54, 1.807) is 24.2 Å². The maximum absolute atomic E-state index is 5.80. The van der Waals surface area contributed by atoms with Gasteiger partial charge in [0, 0.05) is 21.9 Å². The number of hydrogen-bond acceptors (Lipinski definition) is 4. The summed E-state index contributed by atoms with van der Waals surface area (Å²) >= 11 is 1.68. The van der Waals surface area contributed by atoms with Crippen LogP contribution in [0.4, 0.5) is 5.69 Å². The van der Waals surface area contributed by atoms with E-state index in [0.29, 0.717) is 0 Å². The monoisotopic (exact) mass is 206 g/mol. The fourth-order valence-corrected chi connectivity index (χ4v) is 1.95. The summed E-state index contributed by atoms with van der Waals surface area (Å²) in [5, 5.41) is 3.64. The molecule has 2 rings (SSSR count). The number of anilines is 1. The highest BCUT2D eigenvalue weighted by molar-refractivity contribution is 7.98. The summed E-state index contributed by atoms with van der Waals surface area (Å²) in [6, 6.07) is 7.81. The van der Waals surface area contributed by atoms with Crippen LogP contribution in [-0.2, 0) is 5.75 Å². The third-order valence-corrected chi connectivity index (χ3v) is 2.96. The van der Waals surface area contributed by atoms with Crippen molar-refractivity contribution in [2.24, 2.45) is 0 Å². The summed E-state index contributed by atoms with van der Waals surface area (Å²) in [6.07, 6.45) is 3.36. The smallest absolute Gasteiger partial charge is 0.127 e. The molecule has 2 aromatic rings. The molecule has 0 fully saturated rings. The number of aromatic nitrogens is 1. The van der Waals surface area contributed by atoms with Gasteiger partial charge in [-0.05, 0) is 12.1 Å². The van der Waals surface area contributed by atoms with E-state index in [1.807, 2.05) is 24.3 Å². The molecule has 0 aliphatic rings. The van der Waals surface area contributed by atoms with Gasteiger partial charge in [-0.3, -0.25) is 0 Å². The van der Waals surface area contributed by atoms with Crippen LogP contribution in [0, 0.1) is 0 Å². The van der Waals surface area contributed by atoms with Crippen molar-refractivity contribution in [1.82, 2.24) is 5.16 Å². The van der Waals surface area contributed by atoms with Crippen molar-refractivity contribution < 1.29 is 4.52 Å². The summed E-state index contributed by atoms with van der Waals surface area (Å²) in [5.74, 6) is 0.831. The molecule has 0 amide bonds. The molecule has 0 aliphatic heterocycles. The molecular formula is C10H10N2OS. The van der Waals surface area contributed by atoms with Crippen molar-refractivity contribution in [3.8, 4) is 0 Å². The summed E-state index contributed by atoms with van der Waals surface area (Å²) in [5.41, 5.74) is 7.68. The van der Waals surface area contributed by atoms with Crippen LogP contribution in [0.2, 0.25) is 0 Å². The van der Waals surface area contributed by atoms with Crippen molar-refractivity contribution >= 4 is 17.4 Å². The zero-order chi connectivity index (χ0) is 9.80. The first kappa shape index (κ1) is 9.15. The first-order valence-corrected chi connectivity index (χ1v) is 5.20. The van der Waals surface area contributed by atoms with Crippen LogP contribution in [0.1, 0.15) is 5.56 Å². The number of benzene rings is 1. The molecule has 14 heavy (non-hydrogen) atoms. The summed E-state index contributed by atoms with van der Waals surface area (Å²) in [4.78, 5) is 1.09. The Morgan fingerprint density at radius 2 is 2.21 bits per heavy atom. The molecular weight excluding hydrogens is 196 g/mol. The van der Waals surface area contributed by atoms with Crippen LogP contribution < -0.4 is 5.73 Å². The molecule has 0 bridgehead atoms. The number of rotatable bonds is 3. The number of thioether (sulfide) groups is 1. The fourth-order valence-electron chi connectivity index (χ4n) is 1.07. The molecule has 0 aliphatic carbocycles. The Labute approximate surface area is 86.3 Å². The Morgan fingerprint density at radius 3 is 2.93 bits per heavy atom. The van der Waals surface area contributed by atoms with Crippen molar-refractivity contribution in [3.63, 3.8) is 0 Å². The zero-order valence-corrected chi connectivity index (χ0v) is 8.33.